The van der Waals surface area contributed by atoms with E-state index < -0.39 is 0 Å². The minimum absolute atomic E-state index is 0.333. The fourth-order valence-electron chi connectivity index (χ4n) is 1.69. The summed E-state index contributed by atoms with van der Waals surface area (Å²) in [5.74, 6) is 0.792. The van der Waals surface area contributed by atoms with Gasteiger partial charge in [0.25, 0.3) is 0 Å². The summed E-state index contributed by atoms with van der Waals surface area (Å²) in [6.45, 7) is 4.15. The monoisotopic (exact) mass is 128 g/mol. The first-order valence-corrected chi connectivity index (χ1v) is 3.86. The summed E-state index contributed by atoms with van der Waals surface area (Å²) in [4.78, 5) is 0. The van der Waals surface area contributed by atoms with Crippen molar-refractivity contribution in [3.63, 3.8) is 0 Å². The zero-order valence-corrected chi connectivity index (χ0v) is 6.35. The highest BCUT2D eigenvalue weighted by molar-refractivity contribution is 4.84. The molecule has 2 atom stereocenters. The molecule has 0 aromatic carbocycles. The van der Waals surface area contributed by atoms with E-state index in [-0.39, 0.29) is 5.60 Å². The summed E-state index contributed by atoms with van der Waals surface area (Å²) < 4.78 is 0. The highest BCUT2D eigenvalue weighted by atomic mass is 16.3. The lowest BCUT2D eigenvalue weighted by Gasteiger charge is -2.14. The third-order valence-electron chi connectivity index (χ3n) is 2.40. The van der Waals surface area contributed by atoms with Crippen LogP contribution in [-0.4, -0.2) is 10.7 Å². The average Bonchev–Trinajstić information content (AvgIpc) is 2.10. The predicted octanol–water partition coefficient (Wildman–Crippen LogP) is 1.95. The van der Waals surface area contributed by atoms with E-state index in [0.717, 1.165) is 18.8 Å². The molecule has 0 saturated heterocycles. The van der Waals surface area contributed by atoms with Crippen LogP contribution in [0.3, 0.4) is 0 Å². The molecule has 1 aliphatic carbocycles. The standard InChI is InChI=1S/C8H16O/c1-3-7-4-5-8(2,9)6-7/h7,9H,3-6H2,1-2H3/t7-,8-/m1/s1. The quantitative estimate of drug-likeness (QED) is 0.572. The fraction of sp³-hybridized carbons (Fsp3) is 1.00. The van der Waals surface area contributed by atoms with Crippen LogP contribution in [-0.2, 0) is 0 Å². The van der Waals surface area contributed by atoms with E-state index in [2.05, 4.69) is 6.92 Å². The van der Waals surface area contributed by atoms with E-state index in [1.165, 1.54) is 12.8 Å². The number of aliphatic hydroxyl groups is 1. The molecule has 1 nitrogen and oxygen atoms in total. The third kappa shape index (κ3) is 1.68. The fourth-order valence-corrected chi connectivity index (χ4v) is 1.69. The lowest BCUT2D eigenvalue weighted by Crippen LogP contribution is -2.18. The minimum atomic E-state index is -0.333. The Bertz CT molecular complexity index is 96.7. The number of hydrogen-bond donors (Lipinski definition) is 1. The van der Waals surface area contributed by atoms with Crippen LogP contribution in [0.15, 0.2) is 0 Å². The van der Waals surface area contributed by atoms with Gasteiger partial charge in [-0.3, -0.25) is 0 Å². The maximum Gasteiger partial charge on any atom is 0.0622 e. The van der Waals surface area contributed by atoms with Crippen molar-refractivity contribution in [3.8, 4) is 0 Å². The number of rotatable bonds is 1. The lowest BCUT2D eigenvalue weighted by atomic mass is 10.0. The Labute approximate surface area is 57.1 Å². The maximum atomic E-state index is 9.50. The Morgan fingerprint density at radius 2 is 2.33 bits per heavy atom. The topological polar surface area (TPSA) is 20.2 Å². The maximum absolute atomic E-state index is 9.50. The summed E-state index contributed by atoms with van der Waals surface area (Å²) >= 11 is 0. The molecular weight excluding hydrogens is 112 g/mol. The molecule has 1 heteroatoms. The molecule has 1 aliphatic rings. The van der Waals surface area contributed by atoms with Gasteiger partial charge in [0.05, 0.1) is 5.60 Å². The van der Waals surface area contributed by atoms with Crippen molar-refractivity contribution in [1.82, 2.24) is 0 Å². The van der Waals surface area contributed by atoms with E-state index in [9.17, 15) is 5.11 Å². The van der Waals surface area contributed by atoms with Crippen molar-refractivity contribution >= 4 is 0 Å². The molecule has 0 unspecified atom stereocenters. The Kier molecular flexibility index (Phi) is 1.80. The van der Waals surface area contributed by atoms with Gasteiger partial charge in [-0.15, -0.1) is 0 Å². The van der Waals surface area contributed by atoms with Crippen LogP contribution in [0, 0.1) is 5.92 Å². The van der Waals surface area contributed by atoms with Gasteiger partial charge in [-0.2, -0.15) is 0 Å². The third-order valence-corrected chi connectivity index (χ3v) is 2.40. The second-order valence-corrected chi connectivity index (χ2v) is 3.51. The van der Waals surface area contributed by atoms with Crippen LogP contribution in [0.2, 0.25) is 0 Å². The Morgan fingerprint density at radius 3 is 2.56 bits per heavy atom. The summed E-state index contributed by atoms with van der Waals surface area (Å²) in [6.07, 6.45) is 4.48. The second-order valence-electron chi connectivity index (χ2n) is 3.51. The molecule has 1 saturated carbocycles. The first-order chi connectivity index (χ1) is 4.14. The molecular formula is C8H16O. The highest BCUT2D eigenvalue weighted by Gasteiger charge is 2.31. The van der Waals surface area contributed by atoms with Crippen molar-refractivity contribution < 1.29 is 5.11 Å². The van der Waals surface area contributed by atoms with Crippen LogP contribution in [0.5, 0.6) is 0 Å². The summed E-state index contributed by atoms with van der Waals surface area (Å²) in [5.41, 5.74) is -0.333. The van der Waals surface area contributed by atoms with Gasteiger partial charge in [-0.25, -0.2) is 0 Å². The van der Waals surface area contributed by atoms with Gasteiger partial charge in [0.1, 0.15) is 0 Å². The first-order valence-electron chi connectivity index (χ1n) is 3.86. The smallest absolute Gasteiger partial charge is 0.0622 e. The molecule has 54 valence electrons. The van der Waals surface area contributed by atoms with Gasteiger partial charge in [0.15, 0.2) is 0 Å². The Morgan fingerprint density at radius 1 is 1.67 bits per heavy atom. The zero-order chi connectivity index (χ0) is 6.91. The van der Waals surface area contributed by atoms with Crippen molar-refractivity contribution in [3.05, 3.63) is 0 Å². The molecule has 9 heavy (non-hydrogen) atoms. The molecule has 0 amide bonds. The highest BCUT2D eigenvalue weighted by Crippen LogP contribution is 2.35. The second kappa shape index (κ2) is 2.30. The summed E-state index contributed by atoms with van der Waals surface area (Å²) in [6, 6.07) is 0. The van der Waals surface area contributed by atoms with Crippen LogP contribution in [0.1, 0.15) is 39.5 Å². The van der Waals surface area contributed by atoms with Gasteiger partial charge in [0.2, 0.25) is 0 Å². The molecule has 1 N–H and O–H groups in total. The molecule has 1 rings (SSSR count). The van der Waals surface area contributed by atoms with Crippen LogP contribution in [0.25, 0.3) is 0 Å². The molecule has 0 aliphatic heterocycles. The molecule has 0 radical (unpaired) electrons. The lowest BCUT2D eigenvalue weighted by molar-refractivity contribution is 0.0634. The van der Waals surface area contributed by atoms with E-state index in [1.54, 1.807) is 0 Å². The molecule has 0 heterocycles. The Hall–Kier alpha value is -0.0400. The van der Waals surface area contributed by atoms with E-state index >= 15 is 0 Å². The van der Waals surface area contributed by atoms with Crippen molar-refractivity contribution in [2.45, 2.75) is 45.1 Å². The molecule has 0 bridgehead atoms. The van der Waals surface area contributed by atoms with Gasteiger partial charge in [0, 0.05) is 0 Å². The van der Waals surface area contributed by atoms with E-state index in [4.69, 9.17) is 0 Å². The zero-order valence-electron chi connectivity index (χ0n) is 6.35. The van der Waals surface area contributed by atoms with E-state index in [0.29, 0.717) is 0 Å². The molecule has 0 spiro atoms. The summed E-state index contributed by atoms with van der Waals surface area (Å²) in [5, 5.41) is 9.50. The molecule has 1 fully saturated rings. The molecule has 0 aromatic rings. The van der Waals surface area contributed by atoms with Crippen molar-refractivity contribution in [1.29, 1.82) is 0 Å². The average molecular weight is 128 g/mol. The van der Waals surface area contributed by atoms with Crippen LogP contribution >= 0.6 is 0 Å². The molecule has 0 aromatic heterocycles. The van der Waals surface area contributed by atoms with Crippen LogP contribution in [0.4, 0.5) is 0 Å². The van der Waals surface area contributed by atoms with Gasteiger partial charge in [-0.1, -0.05) is 13.3 Å². The van der Waals surface area contributed by atoms with Crippen LogP contribution < -0.4 is 0 Å². The largest absolute Gasteiger partial charge is 0.390 e. The predicted molar refractivity (Wildman–Crippen MR) is 38.3 cm³/mol. The summed E-state index contributed by atoms with van der Waals surface area (Å²) in [7, 11) is 0. The van der Waals surface area contributed by atoms with Gasteiger partial charge < -0.3 is 5.11 Å². The van der Waals surface area contributed by atoms with E-state index in [1.807, 2.05) is 6.92 Å². The normalized spacial score (nSPS) is 43.7. The Balaban J connectivity index is 2.38. The van der Waals surface area contributed by atoms with Gasteiger partial charge >= 0.3 is 0 Å². The van der Waals surface area contributed by atoms with Crippen molar-refractivity contribution in [2.24, 2.45) is 5.92 Å². The first kappa shape index (κ1) is 7.07. The minimum Gasteiger partial charge on any atom is -0.390 e. The van der Waals surface area contributed by atoms with Gasteiger partial charge in [-0.05, 0) is 32.1 Å². The number of hydrogen-bond acceptors (Lipinski definition) is 1. The van der Waals surface area contributed by atoms with Crippen molar-refractivity contribution in [2.75, 3.05) is 0 Å². The SMILES string of the molecule is CC[C@@H]1CC[C@@](C)(O)C1.